The topological polar surface area (TPSA) is 0 Å². The Morgan fingerprint density at radius 2 is 1.70 bits per heavy atom. The highest BCUT2D eigenvalue weighted by atomic mass is 13.9. The largest absolute Gasteiger partial charge is 0.0960 e. The SMILES string of the molecule is BC(B)Cc1ccccc1. The average Bonchev–Trinajstić information content (AvgIpc) is 1.88. The molecule has 0 aliphatic carbocycles. The summed E-state index contributed by atoms with van der Waals surface area (Å²) in [5.41, 5.74) is 2.21. The van der Waals surface area contributed by atoms with E-state index in [-0.39, 0.29) is 0 Å². The molecule has 0 heterocycles. The lowest BCUT2D eigenvalue weighted by molar-refractivity contribution is 1.07. The predicted molar refractivity (Wildman–Crippen MR) is 51.0 cm³/mol. The molecule has 1 rings (SSSR count). The van der Waals surface area contributed by atoms with E-state index >= 15 is 0 Å². The number of rotatable bonds is 2. The smallest absolute Gasteiger partial charge is 0.0920 e. The van der Waals surface area contributed by atoms with Crippen LogP contribution < -0.4 is 0 Å². The summed E-state index contributed by atoms with van der Waals surface area (Å²) in [7, 11) is 4.49. The quantitative estimate of drug-likeness (QED) is 0.503. The van der Waals surface area contributed by atoms with Crippen molar-refractivity contribution >= 4 is 15.7 Å². The first-order valence-corrected chi connectivity index (χ1v) is 3.83. The molecule has 0 unspecified atom stereocenters. The van der Waals surface area contributed by atoms with Crippen molar-refractivity contribution < 1.29 is 0 Å². The molecular weight excluding hydrogens is 118 g/mol. The Morgan fingerprint density at radius 1 is 1.10 bits per heavy atom. The maximum absolute atomic E-state index is 2.24. The highest BCUT2D eigenvalue weighted by molar-refractivity contribution is 6.35. The van der Waals surface area contributed by atoms with Crippen molar-refractivity contribution in [2.45, 2.75) is 12.1 Å². The molecule has 10 heavy (non-hydrogen) atoms. The molecule has 0 aromatic heterocycles. The molecular formula is C8H12B2. The Kier molecular flexibility index (Phi) is 2.61. The lowest BCUT2D eigenvalue weighted by Gasteiger charge is -2.02. The average molecular weight is 130 g/mol. The Hall–Kier alpha value is -0.650. The Balaban J connectivity index is 2.59. The van der Waals surface area contributed by atoms with Gasteiger partial charge in [-0.3, -0.25) is 0 Å². The number of benzene rings is 1. The molecule has 0 bridgehead atoms. The molecule has 0 N–H and O–H groups in total. The molecule has 0 aliphatic rings. The molecule has 1 aromatic carbocycles. The predicted octanol–water partition coefficient (Wildman–Crippen LogP) is 0.241. The molecule has 0 atom stereocenters. The van der Waals surface area contributed by atoms with E-state index in [1.165, 1.54) is 12.0 Å². The molecule has 2 heteroatoms. The van der Waals surface area contributed by atoms with Gasteiger partial charge in [0.15, 0.2) is 0 Å². The molecule has 0 fully saturated rings. The van der Waals surface area contributed by atoms with Gasteiger partial charge in [-0.15, -0.1) is 0 Å². The second kappa shape index (κ2) is 3.50. The van der Waals surface area contributed by atoms with Crippen LogP contribution >= 0.6 is 0 Å². The second-order valence-electron chi connectivity index (χ2n) is 3.08. The summed E-state index contributed by atoms with van der Waals surface area (Å²) >= 11 is 0. The van der Waals surface area contributed by atoms with Gasteiger partial charge in [0, 0.05) is 0 Å². The molecule has 0 radical (unpaired) electrons. The third-order valence-electron chi connectivity index (χ3n) is 1.49. The van der Waals surface area contributed by atoms with Crippen molar-refractivity contribution in [2.75, 3.05) is 0 Å². The summed E-state index contributed by atoms with van der Waals surface area (Å²) in [4.78, 5) is 0. The minimum absolute atomic E-state index is 0.766. The van der Waals surface area contributed by atoms with Gasteiger partial charge in [0.05, 0.1) is 15.7 Å². The van der Waals surface area contributed by atoms with Crippen molar-refractivity contribution in [1.29, 1.82) is 0 Å². The standard InChI is InChI=1S/C8H12B2/c9-8(10)6-7-4-2-1-3-5-7/h1-5,8H,6,9-10H2. The first-order valence-electron chi connectivity index (χ1n) is 3.83. The molecule has 0 saturated carbocycles. The van der Waals surface area contributed by atoms with Gasteiger partial charge in [-0.1, -0.05) is 36.0 Å². The van der Waals surface area contributed by atoms with Gasteiger partial charge in [0.2, 0.25) is 0 Å². The van der Waals surface area contributed by atoms with E-state index in [0.717, 1.165) is 5.72 Å². The first-order chi connectivity index (χ1) is 4.79. The maximum atomic E-state index is 2.24. The van der Waals surface area contributed by atoms with E-state index in [1.807, 2.05) is 0 Å². The van der Waals surface area contributed by atoms with E-state index < -0.39 is 0 Å². The van der Waals surface area contributed by atoms with E-state index in [4.69, 9.17) is 0 Å². The normalized spacial score (nSPS) is 10.1. The summed E-state index contributed by atoms with van der Waals surface area (Å²) in [5.74, 6) is 0. The summed E-state index contributed by atoms with van der Waals surface area (Å²) in [6, 6.07) is 10.6. The van der Waals surface area contributed by atoms with Gasteiger partial charge >= 0.3 is 0 Å². The summed E-state index contributed by atoms with van der Waals surface area (Å²) in [5, 5.41) is 0. The van der Waals surface area contributed by atoms with Crippen LogP contribution in [-0.2, 0) is 6.42 Å². The Bertz CT molecular complexity index is 182. The van der Waals surface area contributed by atoms with Crippen LogP contribution in [0, 0.1) is 0 Å². The van der Waals surface area contributed by atoms with Crippen molar-refractivity contribution in [3.8, 4) is 0 Å². The maximum Gasteiger partial charge on any atom is 0.0960 e. The van der Waals surface area contributed by atoms with Crippen molar-refractivity contribution in [2.24, 2.45) is 0 Å². The third-order valence-corrected chi connectivity index (χ3v) is 1.49. The van der Waals surface area contributed by atoms with Crippen LogP contribution in [-0.4, -0.2) is 15.7 Å². The fourth-order valence-electron chi connectivity index (χ4n) is 1.09. The van der Waals surface area contributed by atoms with Gasteiger partial charge in [-0.05, 0) is 12.0 Å². The van der Waals surface area contributed by atoms with Gasteiger partial charge in [0.1, 0.15) is 0 Å². The van der Waals surface area contributed by atoms with Crippen LogP contribution in [0.1, 0.15) is 5.56 Å². The summed E-state index contributed by atoms with van der Waals surface area (Å²) < 4.78 is 0. The van der Waals surface area contributed by atoms with Crippen LogP contribution in [0.15, 0.2) is 30.3 Å². The van der Waals surface area contributed by atoms with Crippen molar-refractivity contribution in [3.05, 3.63) is 35.9 Å². The van der Waals surface area contributed by atoms with Crippen molar-refractivity contribution in [3.63, 3.8) is 0 Å². The lowest BCUT2D eigenvalue weighted by Crippen LogP contribution is -1.95. The Morgan fingerprint density at radius 3 is 2.20 bits per heavy atom. The van der Waals surface area contributed by atoms with Gasteiger partial charge in [-0.25, -0.2) is 0 Å². The molecule has 50 valence electrons. The zero-order valence-electron chi connectivity index (χ0n) is 6.67. The molecule has 0 spiro atoms. The minimum Gasteiger partial charge on any atom is -0.0920 e. The number of hydrogen-bond acceptors (Lipinski definition) is 0. The van der Waals surface area contributed by atoms with Crippen LogP contribution in [0.5, 0.6) is 0 Å². The van der Waals surface area contributed by atoms with Crippen LogP contribution in [0.2, 0.25) is 5.72 Å². The fraction of sp³-hybridized carbons (Fsp3) is 0.250. The van der Waals surface area contributed by atoms with E-state index in [1.54, 1.807) is 0 Å². The monoisotopic (exact) mass is 130 g/mol. The minimum atomic E-state index is 0.766. The van der Waals surface area contributed by atoms with Crippen LogP contribution in [0.25, 0.3) is 0 Å². The highest BCUT2D eigenvalue weighted by Gasteiger charge is 1.94. The van der Waals surface area contributed by atoms with Gasteiger partial charge in [0.25, 0.3) is 0 Å². The van der Waals surface area contributed by atoms with E-state index in [9.17, 15) is 0 Å². The van der Waals surface area contributed by atoms with Gasteiger partial charge in [-0.2, -0.15) is 0 Å². The molecule has 1 aromatic rings. The molecule has 0 nitrogen and oxygen atoms in total. The van der Waals surface area contributed by atoms with Gasteiger partial charge < -0.3 is 0 Å². The first kappa shape index (κ1) is 7.46. The highest BCUT2D eigenvalue weighted by Crippen LogP contribution is 2.05. The van der Waals surface area contributed by atoms with E-state index in [2.05, 4.69) is 46.0 Å². The summed E-state index contributed by atoms with van der Waals surface area (Å²) in [6.07, 6.45) is 1.20. The molecule has 0 aliphatic heterocycles. The summed E-state index contributed by atoms with van der Waals surface area (Å²) in [6.45, 7) is 0. The second-order valence-corrected chi connectivity index (χ2v) is 3.08. The lowest BCUT2D eigenvalue weighted by atomic mass is 9.68. The van der Waals surface area contributed by atoms with E-state index in [0.29, 0.717) is 0 Å². The van der Waals surface area contributed by atoms with Crippen molar-refractivity contribution in [1.82, 2.24) is 0 Å². The zero-order chi connectivity index (χ0) is 7.40. The zero-order valence-corrected chi connectivity index (χ0v) is 6.67. The Labute approximate surface area is 64.5 Å². The third kappa shape index (κ3) is 2.30. The van der Waals surface area contributed by atoms with Crippen LogP contribution in [0.3, 0.4) is 0 Å². The fourth-order valence-corrected chi connectivity index (χ4v) is 1.09. The molecule has 0 saturated heterocycles. The van der Waals surface area contributed by atoms with Crippen LogP contribution in [0.4, 0.5) is 0 Å². The molecule has 0 amide bonds. The number of hydrogen-bond donors (Lipinski definition) is 0.